The van der Waals surface area contributed by atoms with Crippen LogP contribution in [0.5, 0.6) is 0 Å². The predicted molar refractivity (Wildman–Crippen MR) is 89.6 cm³/mol. The van der Waals surface area contributed by atoms with Crippen LogP contribution in [-0.2, 0) is 5.41 Å². The lowest BCUT2D eigenvalue weighted by atomic mass is 9.68. The van der Waals surface area contributed by atoms with Gasteiger partial charge in [0.05, 0.1) is 0 Å². The molecule has 110 valence electrons. The van der Waals surface area contributed by atoms with Gasteiger partial charge in [-0.15, -0.1) is 0 Å². The first kappa shape index (κ1) is 14.3. The van der Waals surface area contributed by atoms with Crippen LogP contribution in [0.15, 0.2) is 60.7 Å². The molecule has 0 aliphatic carbocycles. The number of hydrogen-bond donors (Lipinski definition) is 0. The van der Waals surface area contributed by atoms with E-state index in [1.807, 2.05) is 0 Å². The van der Waals surface area contributed by atoms with Crippen molar-refractivity contribution in [2.45, 2.75) is 44.2 Å². The summed E-state index contributed by atoms with van der Waals surface area (Å²) in [7, 11) is 2.28. The Labute approximate surface area is 128 Å². The summed E-state index contributed by atoms with van der Waals surface area (Å²) >= 11 is 0. The lowest BCUT2D eigenvalue weighted by molar-refractivity contribution is 0.224. The van der Waals surface area contributed by atoms with Crippen molar-refractivity contribution in [3.05, 3.63) is 71.8 Å². The number of nitrogens with zero attached hydrogens (tertiary/aromatic N) is 1. The van der Waals surface area contributed by atoms with Crippen LogP contribution in [-0.4, -0.2) is 24.0 Å². The summed E-state index contributed by atoms with van der Waals surface area (Å²) in [6.07, 6.45) is 2.36. The molecule has 0 N–H and O–H groups in total. The summed E-state index contributed by atoms with van der Waals surface area (Å²) in [6.45, 7) is 4.68. The molecule has 0 saturated carbocycles. The number of likely N-dealkylation sites (N-methyl/N-ethyl adjacent to an activating group) is 1. The van der Waals surface area contributed by atoms with Gasteiger partial charge in [-0.05, 0) is 37.9 Å². The molecule has 0 spiro atoms. The smallest absolute Gasteiger partial charge is 0.0372 e. The van der Waals surface area contributed by atoms with Crippen LogP contribution in [0.25, 0.3) is 0 Å². The standard InChI is InChI=1S/C20H25N/c1-4-19-20(15-16(2)21(19)3,17-11-7-5-8-12-17)18-13-9-6-10-14-18/h5-14,16,19H,4,15H2,1-3H3/t16-,19-/m1/s1. The highest BCUT2D eigenvalue weighted by Gasteiger charge is 2.50. The number of hydrogen-bond acceptors (Lipinski definition) is 1. The Kier molecular flexibility index (Phi) is 3.86. The van der Waals surface area contributed by atoms with Gasteiger partial charge in [-0.25, -0.2) is 0 Å². The Bertz CT molecular complexity index is 536. The Morgan fingerprint density at radius 1 is 0.952 bits per heavy atom. The van der Waals surface area contributed by atoms with Crippen molar-refractivity contribution in [2.24, 2.45) is 0 Å². The zero-order valence-corrected chi connectivity index (χ0v) is 13.3. The van der Waals surface area contributed by atoms with Gasteiger partial charge in [0.15, 0.2) is 0 Å². The molecule has 21 heavy (non-hydrogen) atoms. The molecule has 0 bridgehead atoms. The van der Waals surface area contributed by atoms with Crippen molar-refractivity contribution < 1.29 is 0 Å². The fourth-order valence-electron chi connectivity index (χ4n) is 4.30. The third-order valence-corrected chi connectivity index (χ3v) is 5.34. The molecule has 1 aliphatic rings. The van der Waals surface area contributed by atoms with Crippen molar-refractivity contribution in [1.82, 2.24) is 4.90 Å². The normalized spacial score (nSPS) is 25.1. The first-order chi connectivity index (χ1) is 10.2. The summed E-state index contributed by atoms with van der Waals surface area (Å²) in [5, 5.41) is 0. The minimum atomic E-state index is 0.117. The third-order valence-electron chi connectivity index (χ3n) is 5.34. The molecule has 2 aromatic carbocycles. The summed E-state index contributed by atoms with van der Waals surface area (Å²) in [6, 6.07) is 23.3. The monoisotopic (exact) mass is 279 g/mol. The molecule has 1 aliphatic heterocycles. The zero-order chi connectivity index (χ0) is 14.9. The molecule has 0 radical (unpaired) electrons. The fourth-order valence-corrected chi connectivity index (χ4v) is 4.30. The molecule has 0 aromatic heterocycles. The number of likely N-dealkylation sites (tertiary alicyclic amines) is 1. The Morgan fingerprint density at radius 2 is 1.43 bits per heavy atom. The zero-order valence-electron chi connectivity index (χ0n) is 13.3. The Balaban J connectivity index is 2.21. The van der Waals surface area contributed by atoms with E-state index in [1.54, 1.807) is 0 Å². The highest BCUT2D eigenvalue weighted by atomic mass is 15.2. The second kappa shape index (κ2) is 5.65. The lowest BCUT2D eigenvalue weighted by Gasteiger charge is -2.38. The molecule has 1 heterocycles. The van der Waals surface area contributed by atoms with Gasteiger partial charge in [0.25, 0.3) is 0 Å². The highest BCUT2D eigenvalue weighted by molar-refractivity contribution is 5.43. The molecule has 1 heteroatoms. The lowest BCUT2D eigenvalue weighted by Crippen LogP contribution is -2.42. The quantitative estimate of drug-likeness (QED) is 0.801. The molecule has 1 fully saturated rings. The topological polar surface area (TPSA) is 3.24 Å². The first-order valence-corrected chi connectivity index (χ1v) is 8.03. The molecule has 1 nitrogen and oxygen atoms in total. The predicted octanol–water partition coefficient (Wildman–Crippen LogP) is 4.48. The van der Waals surface area contributed by atoms with E-state index in [0.717, 1.165) is 0 Å². The molecule has 3 rings (SSSR count). The second-order valence-electron chi connectivity index (χ2n) is 6.35. The largest absolute Gasteiger partial charge is 0.299 e. The van der Waals surface area contributed by atoms with Crippen LogP contribution in [0, 0.1) is 0 Å². The summed E-state index contributed by atoms with van der Waals surface area (Å²) in [5.41, 5.74) is 3.03. The third kappa shape index (κ3) is 2.20. The van der Waals surface area contributed by atoms with Crippen molar-refractivity contribution in [3.63, 3.8) is 0 Å². The van der Waals surface area contributed by atoms with Crippen LogP contribution in [0.2, 0.25) is 0 Å². The van der Waals surface area contributed by atoms with Crippen LogP contribution < -0.4 is 0 Å². The van der Waals surface area contributed by atoms with Gasteiger partial charge in [-0.2, -0.15) is 0 Å². The van der Waals surface area contributed by atoms with Crippen molar-refractivity contribution in [1.29, 1.82) is 0 Å². The average molecular weight is 279 g/mol. The molecule has 2 atom stereocenters. The van der Waals surface area contributed by atoms with Crippen LogP contribution in [0.1, 0.15) is 37.8 Å². The molecule has 0 amide bonds. The van der Waals surface area contributed by atoms with Gasteiger partial charge in [0, 0.05) is 17.5 Å². The van der Waals surface area contributed by atoms with Gasteiger partial charge < -0.3 is 0 Å². The van der Waals surface area contributed by atoms with E-state index in [0.29, 0.717) is 12.1 Å². The highest BCUT2D eigenvalue weighted by Crippen LogP contribution is 2.48. The van der Waals surface area contributed by atoms with Gasteiger partial charge in [-0.1, -0.05) is 67.6 Å². The van der Waals surface area contributed by atoms with Crippen LogP contribution in [0.4, 0.5) is 0 Å². The van der Waals surface area contributed by atoms with E-state index < -0.39 is 0 Å². The van der Waals surface area contributed by atoms with Crippen molar-refractivity contribution in [2.75, 3.05) is 7.05 Å². The van der Waals surface area contributed by atoms with E-state index in [2.05, 4.69) is 86.5 Å². The van der Waals surface area contributed by atoms with E-state index in [9.17, 15) is 0 Å². The minimum Gasteiger partial charge on any atom is -0.299 e. The van der Waals surface area contributed by atoms with Crippen molar-refractivity contribution >= 4 is 0 Å². The molecular weight excluding hydrogens is 254 g/mol. The van der Waals surface area contributed by atoms with E-state index in [4.69, 9.17) is 0 Å². The maximum Gasteiger partial charge on any atom is 0.0372 e. The molecule has 2 aromatic rings. The van der Waals surface area contributed by atoms with E-state index >= 15 is 0 Å². The summed E-state index contributed by atoms with van der Waals surface area (Å²) in [4.78, 5) is 2.57. The second-order valence-corrected chi connectivity index (χ2v) is 6.35. The van der Waals surface area contributed by atoms with Crippen LogP contribution >= 0.6 is 0 Å². The fraction of sp³-hybridized carbons (Fsp3) is 0.400. The molecule has 0 unspecified atom stereocenters. The number of rotatable bonds is 3. The summed E-state index contributed by atoms with van der Waals surface area (Å²) in [5.74, 6) is 0. The minimum absolute atomic E-state index is 0.117. The molecule has 1 saturated heterocycles. The van der Waals surface area contributed by atoms with Crippen molar-refractivity contribution in [3.8, 4) is 0 Å². The van der Waals surface area contributed by atoms with Gasteiger partial charge in [0.1, 0.15) is 0 Å². The van der Waals surface area contributed by atoms with Gasteiger partial charge in [-0.3, -0.25) is 4.90 Å². The molecular formula is C20H25N. The Morgan fingerprint density at radius 3 is 1.86 bits per heavy atom. The Hall–Kier alpha value is -1.60. The first-order valence-electron chi connectivity index (χ1n) is 8.03. The number of benzene rings is 2. The maximum atomic E-state index is 2.57. The maximum absolute atomic E-state index is 2.57. The van der Waals surface area contributed by atoms with E-state index in [-0.39, 0.29) is 5.41 Å². The average Bonchev–Trinajstić information content (AvgIpc) is 2.81. The summed E-state index contributed by atoms with van der Waals surface area (Å²) < 4.78 is 0. The SMILES string of the molecule is CC[C@H]1N(C)[C@H](C)CC1(c1ccccc1)c1ccccc1. The van der Waals surface area contributed by atoms with E-state index in [1.165, 1.54) is 24.0 Å². The van der Waals surface area contributed by atoms with Crippen LogP contribution in [0.3, 0.4) is 0 Å². The van der Waals surface area contributed by atoms with Gasteiger partial charge >= 0.3 is 0 Å². The van der Waals surface area contributed by atoms with Gasteiger partial charge in [0.2, 0.25) is 0 Å².